The molecular formula is C32H33O3S+. The third kappa shape index (κ3) is 4.87. The molecule has 0 aliphatic heterocycles. The van der Waals surface area contributed by atoms with Crippen molar-refractivity contribution in [3.8, 4) is 0 Å². The van der Waals surface area contributed by atoms with Gasteiger partial charge in [0.05, 0.1) is 16.5 Å². The third-order valence-electron chi connectivity index (χ3n) is 7.28. The zero-order valence-electron chi connectivity index (χ0n) is 21.0. The minimum Gasteiger partial charge on any atom is -0.508 e. The number of allylic oxidation sites excluding steroid dienone is 2. The standard InChI is InChI=1S/C32H32O3S/c1-23-20-29(36(27-14-5-3-6-15-27)28-16-7-4-8-17-28)21-24(2)30(23)31(34)35-32(18-9-10-19-32)25-12-11-13-26(33)22-25/h3-8,13-17,20-22H,9-12,18-19H2,1-2H3/p+1. The average Bonchev–Trinajstić information content (AvgIpc) is 3.35. The Morgan fingerprint density at radius 1 is 0.861 bits per heavy atom. The molecule has 0 spiro atoms. The maximum atomic E-state index is 13.7. The quantitative estimate of drug-likeness (QED) is 0.277. The smallest absolute Gasteiger partial charge is 0.339 e. The summed E-state index contributed by atoms with van der Waals surface area (Å²) in [6.07, 6.45) is 8.95. The zero-order valence-corrected chi connectivity index (χ0v) is 21.8. The van der Waals surface area contributed by atoms with Crippen molar-refractivity contribution in [2.45, 2.75) is 72.7 Å². The molecular weight excluding hydrogens is 464 g/mol. The molecule has 184 valence electrons. The van der Waals surface area contributed by atoms with E-state index in [4.69, 9.17) is 4.74 Å². The first-order valence-electron chi connectivity index (χ1n) is 12.8. The summed E-state index contributed by atoms with van der Waals surface area (Å²) < 4.78 is 6.36. The van der Waals surface area contributed by atoms with Crippen LogP contribution in [0.4, 0.5) is 0 Å². The highest BCUT2D eigenvalue weighted by atomic mass is 32.2. The van der Waals surface area contributed by atoms with Crippen LogP contribution in [0.15, 0.2) is 111 Å². The Balaban J connectivity index is 1.50. The Bertz CT molecular complexity index is 1240. The molecule has 0 amide bonds. The number of hydrogen-bond donors (Lipinski definition) is 1. The molecule has 2 aliphatic rings. The van der Waals surface area contributed by atoms with Gasteiger partial charge in [-0.25, -0.2) is 4.79 Å². The predicted molar refractivity (Wildman–Crippen MR) is 146 cm³/mol. The molecule has 0 radical (unpaired) electrons. The Kier molecular flexibility index (Phi) is 7.06. The molecule has 0 atom stereocenters. The molecule has 3 nitrogen and oxygen atoms in total. The molecule has 1 saturated carbocycles. The number of rotatable bonds is 6. The third-order valence-corrected chi connectivity index (χ3v) is 9.47. The van der Waals surface area contributed by atoms with Gasteiger partial charge in [-0.05, 0) is 118 Å². The topological polar surface area (TPSA) is 46.5 Å². The summed E-state index contributed by atoms with van der Waals surface area (Å²) in [5.74, 6) is 0.0249. The number of aryl methyl sites for hydroxylation is 2. The van der Waals surface area contributed by atoms with Gasteiger partial charge >= 0.3 is 5.97 Å². The molecule has 1 fully saturated rings. The number of esters is 1. The highest BCUT2D eigenvalue weighted by Gasteiger charge is 2.42. The van der Waals surface area contributed by atoms with Crippen LogP contribution in [0, 0.1) is 13.8 Å². The summed E-state index contributed by atoms with van der Waals surface area (Å²) >= 11 is 0. The summed E-state index contributed by atoms with van der Waals surface area (Å²) in [6, 6.07) is 25.4. The summed E-state index contributed by atoms with van der Waals surface area (Å²) in [4.78, 5) is 17.4. The fraction of sp³-hybridized carbons (Fsp3) is 0.281. The number of carbonyl (C=O) groups excluding carboxylic acids is 1. The van der Waals surface area contributed by atoms with Crippen molar-refractivity contribution in [1.82, 2.24) is 0 Å². The first-order valence-corrected chi connectivity index (χ1v) is 14.0. The van der Waals surface area contributed by atoms with E-state index in [0.29, 0.717) is 5.56 Å². The number of ether oxygens (including phenoxy) is 1. The van der Waals surface area contributed by atoms with Gasteiger partial charge in [0.2, 0.25) is 0 Å². The molecule has 0 saturated heterocycles. The number of aliphatic hydroxyl groups excluding tert-OH is 1. The Hall–Kier alpha value is -3.24. The minimum absolute atomic E-state index is 0.257. The summed E-state index contributed by atoms with van der Waals surface area (Å²) in [7, 11) is -0.272. The second kappa shape index (κ2) is 10.4. The summed E-state index contributed by atoms with van der Waals surface area (Å²) in [5, 5.41) is 10.1. The van der Waals surface area contributed by atoms with Gasteiger partial charge in [0.15, 0.2) is 14.7 Å². The lowest BCUT2D eigenvalue weighted by atomic mass is 9.85. The van der Waals surface area contributed by atoms with Crippen molar-refractivity contribution >= 4 is 16.9 Å². The molecule has 36 heavy (non-hydrogen) atoms. The molecule has 0 unspecified atom stereocenters. The molecule has 0 bridgehead atoms. The predicted octanol–water partition coefficient (Wildman–Crippen LogP) is 8.03. The van der Waals surface area contributed by atoms with Gasteiger partial charge in [-0.1, -0.05) is 36.4 Å². The molecule has 2 aliphatic carbocycles. The van der Waals surface area contributed by atoms with Gasteiger partial charge < -0.3 is 9.84 Å². The first kappa shape index (κ1) is 24.5. The van der Waals surface area contributed by atoms with E-state index in [2.05, 4.69) is 60.7 Å². The number of carbonyl (C=O) groups is 1. The van der Waals surface area contributed by atoms with E-state index in [0.717, 1.165) is 55.2 Å². The normalized spacial score (nSPS) is 17.0. The Labute approximate surface area is 216 Å². The maximum Gasteiger partial charge on any atom is 0.339 e. The molecule has 3 aromatic rings. The second-order valence-corrected chi connectivity index (χ2v) is 11.8. The molecule has 4 heteroatoms. The molecule has 1 N–H and O–H groups in total. The van der Waals surface area contributed by atoms with Crippen LogP contribution >= 0.6 is 0 Å². The van der Waals surface area contributed by atoms with E-state index in [9.17, 15) is 9.90 Å². The Morgan fingerprint density at radius 3 is 1.94 bits per heavy atom. The van der Waals surface area contributed by atoms with Crippen molar-refractivity contribution in [3.05, 3.63) is 113 Å². The monoisotopic (exact) mass is 497 g/mol. The van der Waals surface area contributed by atoms with Gasteiger partial charge in [0, 0.05) is 0 Å². The van der Waals surface area contributed by atoms with Crippen LogP contribution < -0.4 is 0 Å². The van der Waals surface area contributed by atoms with Gasteiger partial charge in [-0.15, -0.1) is 0 Å². The van der Waals surface area contributed by atoms with Gasteiger partial charge in [0.1, 0.15) is 11.4 Å². The van der Waals surface area contributed by atoms with Crippen molar-refractivity contribution in [2.75, 3.05) is 0 Å². The van der Waals surface area contributed by atoms with Crippen LogP contribution in [0.25, 0.3) is 0 Å². The van der Waals surface area contributed by atoms with Crippen LogP contribution in [0.1, 0.15) is 60.0 Å². The van der Waals surface area contributed by atoms with E-state index in [-0.39, 0.29) is 22.6 Å². The number of benzene rings is 3. The fourth-order valence-electron chi connectivity index (χ4n) is 5.59. The lowest BCUT2D eigenvalue weighted by Gasteiger charge is -2.33. The summed E-state index contributed by atoms with van der Waals surface area (Å²) in [5.41, 5.74) is 2.98. The van der Waals surface area contributed by atoms with Crippen LogP contribution in [0.5, 0.6) is 0 Å². The van der Waals surface area contributed by atoms with Crippen LogP contribution in [0.3, 0.4) is 0 Å². The van der Waals surface area contributed by atoms with Gasteiger partial charge in [0.25, 0.3) is 0 Å². The van der Waals surface area contributed by atoms with Crippen LogP contribution in [-0.4, -0.2) is 16.7 Å². The van der Waals surface area contributed by atoms with E-state index in [1.54, 1.807) is 0 Å². The summed E-state index contributed by atoms with van der Waals surface area (Å²) in [6.45, 7) is 4.03. The van der Waals surface area contributed by atoms with Crippen LogP contribution in [-0.2, 0) is 15.6 Å². The number of hydrogen-bond acceptors (Lipinski definition) is 3. The van der Waals surface area contributed by atoms with E-state index in [1.165, 1.54) is 14.7 Å². The van der Waals surface area contributed by atoms with Crippen molar-refractivity contribution < 1.29 is 14.6 Å². The van der Waals surface area contributed by atoms with E-state index in [1.807, 2.05) is 38.1 Å². The van der Waals surface area contributed by atoms with Gasteiger partial charge in [-0.3, -0.25) is 0 Å². The molecule has 3 aromatic carbocycles. The Morgan fingerprint density at radius 2 is 1.42 bits per heavy atom. The maximum absolute atomic E-state index is 13.7. The fourth-order valence-corrected chi connectivity index (χ4v) is 7.86. The van der Waals surface area contributed by atoms with Crippen LogP contribution in [0.2, 0.25) is 0 Å². The van der Waals surface area contributed by atoms with Crippen molar-refractivity contribution in [2.24, 2.45) is 0 Å². The SMILES string of the molecule is Cc1cc([S+](c2ccccc2)c2ccccc2)cc(C)c1C(=O)OC1(C2=CC(O)=CCC2)CCCC1. The zero-order chi connectivity index (χ0) is 25.1. The molecule has 0 heterocycles. The highest BCUT2D eigenvalue weighted by Crippen LogP contribution is 2.43. The number of aliphatic hydroxyl groups is 1. The van der Waals surface area contributed by atoms with Crippen molar-refractivity contribution in [1.29, 1.82) is 0 Å². The van der Waals surface area contributed by atoms with Crippen molar-refractivity contribution in [3.63, 3.8) is 0 Å². The highest BCUT2D eigenvalue weighted by molar-refractivity contribution is 7.97. The first-order chi connectivity index (χ1) is 17.5. The molecule has 5 rings (SSSR count). The lowest BCUT2D eigenvalue weighted by Crippen LogP contribution is -2.35. The van der Waals surface area contributed by atoms with E-state index < -0.39 is 5.60 Å². The average molecular weight is 498 g/mol. The second-order valence-electron chi connectivity index (χ2n) is 9.79. The minimum atomic E-state index is -0.602. The lowest BCUT2D eigenvalue weighted by molar-refractivity contribution is 0.00000766. The van der Waals surface area contributed by atoms with Gasteiger partial charge in [-0.2, -0.15) is 0 Å². The largest absolute Gasteiger partial charge is 0.508 e. The molecule has 0 aromatic heterocycles. The van der Waals surface area contributed by atoms with E-state index >= 15 is 0 Å².